The minimum absolute atomic E-state index is 0.492. The number of fused-ring (bicyclic) bond motifs is 10. The number of benzene rings is 5. The summed E-state index contributed by atoms with van der Waals surface area (Å²) in [5, 5.41) is 0. The van der Waals surface area contributed by atoms with E-state index in [1.165, 1.54) is 33.4 Å². The van der Waals surface area contributed by atoms with Crippen LogP contribution in [-0.4, -0.2) is 17.1 Å². The first-order valence-electron chi connectivity index (χ1n) is 15.5. The van der Waals surface area contributed by atoms with Crippen LogP contribution in [0.4, 0.5) is 17.2 Å². The van der Waals surface area contributed by atoms with Gasteiger partial charge in [0.15, 0.2) is 0 Å². The molecule has 4 nitrogen and oxygen atoms in total. The summed E-state index contributed by atoms with van der Waals surface area (Å²) in [5.74, 6) is 1.65. The fraction of sp³-hybridized carbons (Fsp3) is 0.0476. The second-order valence-corrected chi connectivity index (χ2v) is 11.7. The number of pyridine rings is 2. The molecule has 4 heteroatoms. The topological polar surface area (TPSA) is 38.2 Å². The second-order valence-electron chi connectivity index (χ2n) is 11.7. The van der Waals surface area contributed by atoms with Crippen molar-refractivity contribution < 1.29 is 4.74 Å². The maximum atomic E-state index is 6.07. The predicted molar refractivity (Wildman–Crippen MR) is 185 cm³/mol. The van der Waals surface area contributed by atoms with Gasteiger partial charge < -0.3 is 4.74 Å². The first-order chi connectivity index (χ1) is 22.8. The van der Waals surface area contributed by atoms with Gasteiger partial charge in [0.2, 0.25) is 0 Å². The van der Waals surface area contributed by atoms with Crippen LogP contribution in [-0.2, 0) is 5.41 Å². The predicted octanol–water partition coefficient (Wildman–Crippen LogP) is 9.97. The van der Waals surface area contributed by atoms with Crippen molar-refractivity contribution >= 4 is 17.2 Å². The maximum Gasteiger partial charge on any atom is 0.138 e. The Balaban J connectivity index is 1.31. The monoisotopic (exact) mass is 591 g/mol. The van der Waals surface area contributed by atoms with E-state index in [1.807, 2.05) is 36.5 Å². The molecule has 2 aromatic heterocycles. The average molecular weight is 592 g/mol. The minimum atomic E-state index is -0.492. The number of rotatable bonds is 5. The van der Waals surface area contributed by atoms with Gasteiger partial charge in [0.1, 0.15) is 11.6 Å². The van der Waals surface area contributed by atoms with Crippen LogP contribution in [0.1, 0.15) is 22.3 Å². The maximum absolute atomic E-state index is 6.07. The van der Waals surface area contributed by atoms with E-state index >= 15 is 0 Å². The van der Waals surface area contributed by atoms with Gasteiger partial charge in [0.25, 0.3) is 0 Å². The Kier molecular flexibility index (Phi) is 5.90. The van der Waals surface area contributed by atoms with Crippen molar-refractivity contribution in [2.75, 3.05) is 12.0 Å². The Bertz CT molecular complexity index is 2220. The molecule has 218 valence electrons. The van der Waals surface area contributed by atoms with Crippen molar-refractivity contribution in [3.63, 3.8) is 0 Å². The van der Waals surface area contributed by atoms with Crippen LogP contribution in [0, 0.1) is 0 Å². The fourth-order valence-corrected chi connectivity index (χ4v) is 7.61. The van der Waals surface area contributed by atoms with Crippen molar-refractivity contribution in [2.45, 2.75) is 5.41 Å². The molecule has 2 heterocycles. The molecular weight excluding hydrogens is 562 g/mol. The highest BCUT2D eigenvalue weighted by Crippen LogP contribution is 2.64. The van der Waals surface area contributed by atoms with Crippen molar-refractivity contribution in [2.24, 2.45) is 0 Å². The van der Waals surface area contributed by atoms with Crippen LogP contribution in [0.15, 0.2) is 158 Å². The fourth-order valence-electron chi connectivity index (χ4n) is 7.61. The summed E-state index contributed by atoms with van der Waals surface area (Å²) in [6, 6.07) is 53.4. The molecule has 7 aromatic rings. The van der Waals surface area contributed by atoms with Crippen molar-refractivity contribution in [3.05, 3.63) is 180 Å². The summed E-state index contributed by atoms with van der Waals surface area (Å²) in [7, 11) is 1.75. The van der Waals surface area contributed by atoms with E-state index in [1.54, 1.807) is 7.11 Å². The molecule has 0 saturated heterocycles. The first-order valence-corrected chi connectivity index (χ1v) is 15.5. The number of ether oxygens (including phenoxy) is 1. The molecule has 9 rings (SSSR count). The zero-order valence-corrected chi connectivity index (χ0v) is 25.3. The van der Waals surface area contributed by atoms with Crippen LogP contribution in [0.25, 0.3) is 33.6 Å². The Labute approximate surface area is 268 Å². The molecule has 46 heavy (non-hydrogen) atoms. The molecule has 0 unspecified atom stereocenters. The number of nitrogens with zero attached hydrogens (tertiary/aromatic N) is 3. The highest BCUT2D eigenvalue weighted by molar-refractivity contribution is 5.96. The molecule has 2 aliphatic carbocycles. The van der Waals surface area contributed by atoms with Crippen molar-refractivity contribution in [3.8, 4) is 39.4 Å². The molecule has 0 saturated carbocycles. The summed E-state index contributed by atoms with van der Waals surface area (Å²) in [6.07, 6.45) is 1.83. The first kappa shape index (κ1) is 26.4. The van der Waals surface area contributed by atoms with Gasteiger partial charge in [-0.2, -0.15) is 0 Å². The minimum Gasteiger partial charge on any atom is -0.496 e. The molecule has 5 aromatic carbocycles. The van der Waals surface area contributed by atoms with Crippen LogP contribution < -0.4 is 9.64 Å². The highest BCUT2D eigenvalue weighted by Gasteiger charge is 2.53. The van der Waals surface area contributed by atoms with E-state index in [2.05, 4.69) is 131 Å². The van der Waals surface area contributed by atoms with Crippen LogP contribution in [0.5, 0.6) is 5.75 Å². The number of anilines is 3. The lowest BCUT2D eigenvalue weighted by Crippen LogP contribution is -2.26. The molecule has 0 fully saturated rings. The van der Waals surface area contributed by atoms with E-state index < -0.39 is 5.41 Å². The normalized spacial score (nSPS) is 13.1. The largest absolute Gasteiger partial charge is 0.496 e. The molecule has 1 spiro atoms. The lowest BCUT2D eigenvalue weighted by Gasteiger charge is -2.30. The number of methoxy groups -OCH3 is 1. The third kappa shape index (κ3) is 3.67. The molecule has 0 atom stereocenters. The molecule has 0 bridgehead atoms. The molecule has 0 N–H and O–H groups in total. The smallest absolute Gasteiger partial charge is 0.138 e. The second kappa shape index (κ2) is 10.3. The Morgan fingerprint density at radius 3 is 1.98 bits per heavy atom. The van der Waals surface area contributed by atoms with Crippen molar-refractivity contribution in [1.29, 1.82) is 0 Å². The SMILES string of the molecule is COc1cccc2c1-c1nc(N(c3ccccc3)c3cccc(-c4ccccn4)c3)ccc1C21c2ccccc2-c2ccccc21. The number of hydrogen-bond donors (Lipinski definition) is 0. The zero-order valence-electron chi connectivity index (χ0n) is 25.3. The Hall–Kier alpha value is -6.00. The summed E-state index contributed by atoms with van der Waals surface area (Å²) >= 11 is 0. The lowest BCUT2D eigenvalue weighted by molar-refractivity contribution is 0.416. The van der Waals surface area contributed by atoms with Gasteiger partial charge in [-0.1, -0.05) is 103 Å². The Morgan fingerprint density at radius 2 is 1.24 bits per heavy atom. The van der Waals surface area contributed by atoms with Crippen LogP contribution in [0.3, 0.4) is 0 Å². The van der Waals surface area contributed by atoms with Crippen molar-refractivity contribution in [1.82, 2.24) is 9.97 Å². The van der Waals surface area contributed by atoms with Crippen LogP contribution >= 0.6 is 0 Å². The van der Waals surface area contributed by atoms with E-state index in [4.69, 9.17) is 9.72 Å². The van der Waals surface area contributed by atoms with Gasteiger partial charge in [0.05, 0.1) is 23.9 Å². The van der Waals surface area contributed by atoms with E-state index in [0.29, 0.717) is 0 Å². The van der Waals surface area contributed by atoms with Gasteiger partial charge in [-0.3, -0.25) is 9.88 Å². The van der Waals surface area contributed by atoms with Gasteiger partial charge in [-0.15, -0.1) is 0 Å². The molecule has 0 aliphatic heterocycles. The number of hydrogen-bond acceptors (Lipinski definition) is 4. The lowest BCUT2D eigenvalue weighted by atomic mass is 9.71. The number of aromatic nitrogens is 2. The van der Waals surface area contributed by atoms with E-state index in [-0.39, 0.29) is 0 Å². The van der Waals surface area contributed by atoms with E-state index in [9.17, 15) is 0 Å². The third-order valence-electron chi connectivity index (χ3n) is 9.43. The third-order valence-corrected chi connectivity index (χ3v) is 9.43. The number of para-hydroxylation sites is 1. The quantitative estimate of drug-likeness (QED) is 0.200. The molecular formula is C42H29N3O. The zero-order chi connectivity index (χ0) is 30.7. The Morgan fingerprint density at radius 1 is 0.565 bits per heavy atom. The summed E-state index contributed by atoms with van der Waals surface area (Å²) < 4.78 is 6.07. The summed E-state index contributed by atoms with van der Waals surface area (Å²) in [5.41, 5.74) is 13.0. The van der Waals surface area contributed by atoms with Crippen LogP contribution in [0.2, 0.25) is 0 Å². The summed E-state index contributed by atoms with van der Waals surface area (Å²) in [6.45, 7) is 0. The standard InChI is InChI=1S/C42H29N3O/c1-46-38-23-12-21-35-40(38)41-36(42(35)33-19-7-5-17-31(33)32-18-6-8-20-34(32)42)24-25-39(44-41)45(29-14-3-2-4-15-29)30-16-11-13-28(27-30)37-22-9-10-26-43-37/h2-27H,1H3. The molecule has 0 radical (unpaired) electrons. The molecule has 0 amide bonds. The molecule has 2 aliphatic rings. The summed E-state index contributed by atoms with van der Waals surface area (Å²) in [4.78, 5) is 12.4. The van der Waals surface area contributed by atoms with Gasteiger partial charge in [-0.05, 0) is 81.9 Å². The average Bonchev–Trinajstić information content (AvgIpc) is 3.60. The van der Waals surface area contributed by atoms with Gasteiger partial charge >= 0.3 is 0 Å². The van der Waals surface area contributed by atoms with Gasteiger partial charge in [0, 0.05) is 28.7 Å². The van der Waals surface area contributed by atoms with E-state index in [0.717, 1.165) is 45.5 Å². The highest BCUT2D eigenvalue weighted by atomic mass is 16.5. The van der Waals surface area contributed by atoms with Gasteiger partial charge in [-0.25, -0.2) is 4.98 Å².